The number of aliphatic carboxylic acids is 1. The largest absolute Gasteiger partial charge is 0.481 e. The number of piperidine rings is 1. The summed E-state index contributed by atoms with van der Waals surface area (Å²) in [7, 11) is 0. The molecule has 1 aliphatic rings. The Morgan fingerprint density at radius 1 is 1.40 bits per heavy atom. The minimum Gasteiger partial charge on any atom is -0.481 e. The van der Waals surface area contributed by atoms with Crippen LogP contribution in [0.25, 0.3) is 0 Å². The van der Waals surface area contributed by atoms with Gasteiger partial charge in [-0.3, -0.25) is 9.59 Å². The highest BCUT2D eigenvalue weighted by atomic mass is 32.2. The first kappa shape index (κ1) is 21.8. The molecule has 6 heteroatoms. The molecule has 1 saturated heterocycles. The molecule has 25 heavy (non-hydrogen) atoms. The fourth-order valence-corrected chi connectivity index (χ4v) is 3.38. The molecule has 1 amide bonds. The monoisotopic (exact) mass is 369 g/mol. The summed E-state index contributed by atoms with van der Waals surface area (Å²) < 4.78 is 0. The summed E-state index contributed by atoms with van der Waals surface area (Å²) in [5, 5.41) is 18.6. The summed E-state index contributed by atoms with van der Waals surface area (Å²) in [5.41, 5.74) is 0. The number of amides is 1. The van der Waals surface area contributed by atoms with Crippen LogP contribution in [0.2, 0.25) is 0 Å². The van der Waals surface area contributed by atoms with Crippen LogP contribution in [-0.4, -0.2) is 57.2 Å². The Balaban J connectivity index is 2.45. The van der Waals surface area contributed by atoms with Crippen molar-refractivity contribution in [3.8, 4) is 0 Å². The van der Waals surface area contributed by atoms with Crippen LogP contribution in [0.15, 0.2) is 24.3 Å². The molecule has 0 bridgehead atoms. The summed E-state index contributed by atoms with van der Waals surface area (Å²) in [6, 6.07) is 0.0402. The zero-order chi connectivity index (χ0) is 18.5. The summed E-state index contributed by atoms with van der Waals surface area (Å²) in [6.45, 7) is 2.68. The standard InChI is InChI=1S/C19H31NO4S/c1-2-3-4-9-17(21)12-11-16-8-7-10-18(22)20(16)13-5-6-14-25-15-19(23)24/h5-6,11-12,16-17,21H,2-4,7-10,13-15H2,1H3,(H,23,24)/b6-5-,12-11+/t16-,17?/m1/s1. The molecule has 1 aliphatic heterocycles. The number of aliphatic hydroxyl groups excluding tert-OH is 1. The van der Waals surface area contributed by atoms with Gasteiger partial charge in [-0.2, -0.15) is 0 Å². The SMILES string of the molecule is CCCCCC(O)/C=C/[C@H]1CCCC(=O)N1C/C=C\CSCC(=O)O. The average molecular weight is 370 g/mol. The first-order valence-electron chi connectivity index (χ1n) is 9.15. The van der Waals surface area contributed by atoms with E-state index in [2.05, 4.69) is 6.92 Å². The van der Waals surface area contributed by atoms with E-state index < -0.39 is 12.1 Å². The van der Waals surface area contributed by atoms with Gasteiger partial charge in [0, 0.05) is 18.7 Å². The van der Waals surface area contributed by atoms with Crippen LogP contribution < -0.4 is 0 Å². The lowest BCUT2D eigenvalue weighted by molar-refractivity contribution is -0.135. The van der Waals surface area contributed by atoms with Gasteiger partial charge in [0.1, 0.15) is 0 Å². The number of hydrogen-bond donors (Lipinski definition) is 2. The van der Waals surface area contributed by atoms with E-state index in [1.54, 1.807) is 0 Å². The van der Waals surface area contributed by atoms with Gasteiger partial charge in [0.05, 0.1) is 17.9 Å². The molecule has 0 aromatic rings. The quantitative estimate of drug-likeness (QED) is 0.408. The van der Waals surface area contributed by atoms with Crippen molar-refractivity contribution in [1.82, 2.24) is 4.90 Å². The van der Waals surface area contributed by atoms with Crippen molar-refractivity contribution in [3.63, 3.8) is 0 Å². The number of carboxylic acid groups (broad SMARTS) is 1. The van der Waals surface area contributed by atoms with E-state index in [0.717, 1.165) is 38.5 Å². The second-order valence-corrected chi connectivity index (χ2v) is 7.36. The van der Waals surface area contributed by atoms with Gasteiger partial charge in [-0.25, -0.2) is 0 Å². The third-order valence-electron chi connectivity index (χ3n) is 4.18. The maximum absolute atomic E-state index is 12.2. The predicted molar refractivity (Wildman–Crippen MR) is 103 cm³/mol. The zero-order valence-corrected chi connectivity index (χ0v) is 15.9. The predicted octanol–water partition coefficient (Wildman–Crippen LogP) is 3.24. The Kier molecular flexibility index (Phi) is 11.3. The van der Waals surface area contributed by atoms with Gasteiger partial charge in [-0.1, -0.05) is 50.5 Å². The number of likely N-dealkylation sites (tertiary alicyclic amines) is 1. The molecule has 2 N–H and O–H groups in total. The molecule has 1 heterocycles. The van der Waals surface area contributed by atoms with E-state index in [-0.39, 0.29) is 17.7 Å². The molecule has 0 aromatic heterocycles. The molecule has 0 radical (unpaired) electrons. The second kappa shape index (κ2) is 13.0. The number of hydrogen-bond acceptors (Lipinski definition) is 4. The van der Waals surface area contributed by atoms with Crippen molar-refractivity contribution in [2.75, 3.05) is 18.1 Å². The summed E-state index contributed by atoms with van der Waals surface area (Å²) >= 11 is 1.34. The van der Waals surface area contributed by atoms with Gasteiger partial charge >= 0.3 is 5.97 Å². The first-order chi connectivity index (χ1) is 12.0. The summed E-state index contributed by atoms with van der Waals surface area (Å²) in [6.07, 6.45) is 13.6. The summed E-state index contributed by atoms with van der Waals surface area (Å²) in [4.78, 5) is 24.5. The van der Waals surface area contributed by atoms with E-state index in [4.69, 9.17) is 5.11 Å². The maximum atomic E-state index is 12.2. The van der Waals surface area contributed by atoms with E-state index in [1.807, 2.05) is 29.2 Å². The van der Waals surface area contributed by atoms with Crippen molar-refractivity contribution in [2.45, 2.75) is 64.0 Å². The van der Waals surface area contributed by atoms with Crippen LogP contribution in [0.4, 0.5) is 0 Å². The van der Waals surface area contributed by atoms with Gasteiger partial charge in [0.2, 0.25) is 5.91 Å². The number of rotatable bonds is 12. The zero-order valence-electron chi connectivity index (χ0n) is 15.1. The molecule has 0 spiro atoms. The molecule has 1 rings (SSSR count). The van der Waals surface area contributed by atoms with Crippen LogP contribution in [0.1, 0.15) is 51.9 Å². The van der Waals surface area contributed by atoms with Crippen LogP contribution in [0.5, 0.6) is 0 Å². The van der Waals surface area contributed by atoms with Gasteiger partial charge in [0.25, 0.3) is 0 Å². The topological polar surface area (TPSA) is 77.8 Å². The third-order valence-corrected chi connectivity index (χ3v) is 5.06. The number of carboxylic acids is 1. The normalized spacial score (nSPS) is 19.8. The molecular weight excluding hydrogens is 338 g/mol. The minimum atomic E-state index is -0.813. The molecule has 5 nitrogen and oxygen atoms in total. The number of nitrogens with zero attached hydrogens (tertiary/aromatic N) is 1. The Bertz CT molecular complexity index is 464. The molecular formula is C19H31NO4S. The fourth-order valence-electron chi connectivity index (χ4n) is 2.81. The molecule has 1 fully saturated rings. The Labute approximate surface area is 155 Å². The third kappa shape index (κ3) is 9.70. The summed E-state index contributed by atoms with van der Waals surface area (Å²) in [5.74, 6) is 0.0516. The lowest BCUT2D eigenvalue weighted by Crippen LogP contribution is -2.42. The van der Waals surface area contributed by atoms with Gasteiger partial charge in [-0.05, 0) is 19.3 Å². The number of carbonyl (C=O) groups is 2. The van der Waals surface area contributed by atoms with Crippen molar-refractivity contribution >= 4 is 23.6 Å². The molecule has 142 valence electrons. The van der Waals surface area contributed by atoms with Crippen molar-refractivity contribution in [1.29, 1.82) is 0 Å². The van der Waals surface area contributed by atoms with E-state index in [9.17, 15) is 14.7 Å². The molecule has 1 unspecified atom stereocenters. The average Bonchev–Trinajstić information content (AvgIpc) is 2.57. The first-order valence-corrected chi connectivity index (χ1v) is 10.3. The van der Waals surface area contributed by atoms with Crippen LogP contribution in [0, 0.1) is 0 Å². The molecule has 2 atom stereocenters. The fraction of sp³-hybridized carbons (Fsp3) is 0.684. The number of carbonyl (C=O) groups excluding carboxylic acids is 1. The number of thioether (sulfide) groups is 1. The van der Waals surface area contributed by atoms with E-state index >= 15 is 0 Å². The smallest absolute Gasteiger partial charge is 0.313 e. The van der Waals surface area contributed by atoms with Gasteiger partial charge < -0.3 is 15.1 Å². The highest BCUT2D eigenvalue weighted by Gasteiger charge is 2.25. The number of unbranched alkanes of at least 4 members (excludes halogenated alkanes) is 2. The van der Waals surface area contributed by atoms with Crippen LogP contribution >= 0.6 is 11.8 Å². The molecule has 0 aromatic carbocycles. The maximum Gasteiger partial charge on any atom is 0.313 e. The highest BCUT2D eigenvalue weighted by Crippen LogP contribution is 2.20. The Hall–Kier alpha value is -1.27. The Morgan fingerprint density at radius 2 is 2.20 bits per heavy atom. The highest BCUT2D eigenvalue weighted by molar-refractivity contribution is 8.00. The van der Waals surface area contributed by atoms with Crippen LogP contribution in [-0.2, 0) is 9.59 Å². The number of aliphatic hydroxyl groups is 1. The molecule has 0 aliphatic carbocycles. The lowest BCUT2D eigenvalue weighted by Gasteiger charge is -2.33. The van der Waals surface area contributed by atoms with Gasteiger partial charge in [-0.15, -0.1) is 11.8 Å². The second-order valence-electron chi connectivity index (χ2n) is 6.33. The van der Waals surface area contributed by atoms with Gasteiger partial charge in [0.15, 0.2) is 0 Å². The van der Waals surface area contributed by atoms with Crippen molar-refractivity contribution < 1.29 is 19.8 Å². The van der Waals surface area contributed by atoms with E-state index in [0.29, 0.717) is 18.7 Å². The Morgan fingerprint density at radius 3 is 2.92 bits per heavy atom. The van der Waals surface area contributed by atoms with E-state index in [1.165, 1.54) is 11.8 Å². The lowest BCUT2D eigenvalue weighted by atomic mass is 10.00. The van der Waals surface area contributed by atoms with Crippen molar-refractivity contribution in [3.05, 3.63) is 24.3 Å². The van der Waals surface area contributed by atoms with Crippen LogP contribution in [0.3, 0.4) is 0 Å². The van der Waals surface area contributed by atoms with Crippen molar-refractivity contribution in [2.24, 2.45) is 0 Å². The minimum absolute atomic E-state index is 0.0402. The molecule has 0 saturated carbocycles.